The van der Waals surface area contributed by atoms with Crippen molar-refractivity contribution in [3.63, 3.8) is 0 Å². The van der Waals surface area contributed by atoms with E-state index in [4.69, 9.17) is 0 Å². The Morgan fingerprint density at radius 1 is 1.33 bits per heavy atom. The van der Waals surface area contributed by atoms with Crippen molar-refractivity contribution in [2.45, 2.75) is 52.2 Å². The molecule has 2 atom stereocenters. The van der Waals surface area contributed by atoms with Crippen molar-refractivity contribution in [2.75, 3.05) is 0 Å². The van der Waals surface area contributed by atoms with E-state index in [1.54, 1.807) is 11.1 Å². The van der Waals surface area contributed by atoms with Gasteiger partial charge in [0.25, 0.3) is 0 Å². The number of rotatable bonds is 5. The van der Waals surface area contributed by atoms with Crippen LogP contribution in [-0.4, -0.2) is 33.8 Å². The van der Waals surface area contributed by atoms with Crippen LogP contribution >= 0.6 is 0 Å². The molecule has 0 aliphatic carbocycles. The molecule has 2 heterocycles. The Morgan fingerprint density at radius 3 is 2.67 bits per heavy atom. The van der Waals surface area contributed by atoms with Crippen LogP contribution < -0.4 is 5.32 Å². The summed E-state index contributed by atoms with van der Waals surface area (Å²) in [6.07, 6.45) is 2.98. The van der Waals surface area contributed by atoms with Gasteiger partial charge in [-0.2, -0.15) is 0 Å². The number of pyridine rings is 1. The van der Waals surface area contributed by atoms with E-state index in [9.17, 15) is 9.59 Å². The molecular formula is C16H23N3O2. The molecule has 0 radical (unpaired) electrons. The van der Waals surface area contributed by atoms with Gasteiger partial charge in [-0.3, -0.25) is 14.6 Å². The molecule has 0 saturated carbocycles. The minimum atomic E-state index is -0.412. The number of carbonyl (C=O) groups excluding carboxylic acids is 2. The fourth-order valence-corrected chi connectivity index (χ4v) is 2.64. The first-order chi connectivity index (χ1) is 10.0. The fraction of sp³-hybridized carbons (Fsp3) is 0.562. The number of piperazine rings is 1. The predicted molar refractivity (Wildman–Crippen MR) is 80.3 cm³/mol. The molecule has 114 valence electrons. The number of carbonyl (C=O) groups is 2. The molecule has 5 nitrogen and oxygen atoms in total. The smallest absolute Gasteiger partial charge is 0.246 e. The highest BCUT2D eigenvalue weighted by Crippen LogP contribution is 2.20. The number of amides is 2. The zero-order valence-electron chi connectivity index (χ0n) is 12.9. The van der Waals surface area contributed by atoms with E-state index < -0.39 is 12.1 Å². The van der Waals surface area contributed by atoms with Crippen LogP contribution in [0, 0.1) is 5.92 Å². The molecule has 21 heavy (non-hydrogen) atoms. The summed E-state index contributed by atoms with van der Waals surface area (Å²) in [5.41, 5.74) is 0.809. The predicted octanol–water partition coefficient (Wildman–Crippen LogP) is 1.73. The highest BCUT2D eigenvalue weighted by molar-refractivity contribution is 5.96. The van der Waals surface area contributed by atoms with Crippen LogP contribution in [0.2, 0.25) is 0 Å². The van der Waals surface area contributed by atoms with Crippen LogP contribution in [0.4, 0.5) is 0 Å². The molecule has 2 rings (SSSR count). The van der Waals surface area contributed by atoms with E-state index in [0.717, 1.165) is 5.69 Å². The molecule has 2 unspecified atom stereocenters. The van der Waals surface area contributed by atoms with Gasteiger partial charge in [-0.1, -0.05) is 26.8 Å². The van der Waals surface area contributed by atoms with Crippen LogP contribution in [0.3, 0.4) is 0 Å². The molecule has 1 aromatic rings. The fourth-order valence-electron chi connectivity index (χ4n) is 2.64. The van der Waals surface area contributed by atoms with Crippen molar-refractivity contribution in [2.24, 2.45) is 5.92 Å². The van der Waals surface area contributed by atoms with Gasteiger partial charge in [0.05, 0.1) is 12.2 Å². The van der Waals surface area contributed by atoms with E-state index in [0.29, 0.717) is 25.3 Å². The largest absolute Gasteiger partial charge is 0.343 e. The number of hydrogen-bond donors (Lipinski definition) is 1. The van der Waals surface area contributed by atoms with Gasteiger partial charge >= 0.3 is 0 Å². The molecule has 1 aliphatic rings. The second kappa shape index (κ2) is 6.70. The van der Waals surface area contributed by atoms with E-state index in [1.165, 1.54) is 0 Å². The average Bonchev–Trinajstić information content (AvgIpc) is 2.47. The standard InChI is InChI=1S/C16H23N3O2/c1-4-13-16(21)19(10-12-7-5-6-8-17-12)14(9-11(2)3)15(20)18-13/h5-8,11,13-14H,4,9-10H2,1-3H3,(H,18,20). The summed E-state index contributed by atoms with van der Waals surface area (Å²) in [7, 11) is 0. The van der Waals surface area contributed by atoms with Crippen LogP contribution in [0.1, 0.15) is 39.3 Å². The van der Waals surface area contributed by atoms with Gasteiger partial charge < -0.3 is 10.2 Å². The average molecular weight is 289 g/mol. The quantitative estimate of drug-likeness (QED) is 0.898. The molecule has 1 N–H and O–H groups in total. The topological polar surface area (TPSA) is 62.3 Å². The Labute approximate surface area is 125 Å². The number of nitrogens with one attached hydrogen (secondary N) is 1. The third kappa shape index (κ3) is 3.60. The lowest BCUT2D eigenvalue weighted by Gasteiger charge is -2.39. The first-order valence-corrected chi connectivity index (χ1v) is 7.53. The lowest BCUT2D eigenvalue weighted by atomic mass is 9.97. The number of hydrogen-bond acceptors (Lipinski definition) is 3. The summed E-state index contributed by atoms with van der Waals surface area (Å²) >= 11 is 0. The van der Waals surface area contributed by atoms with Crippen LogP contribution in [0.15, 0.2) is 24.4 Å². The molecule has 1 aromatic heterocycles. The third-order valence-electron chi connectivity index (χ3n) is 3.74. The molecule has 1 aliphatic heterocycles. The highest BCUT2D eigenvalue weighted by Gasteiger charge is 2.39. The maximum atomic E-state index is 12.6. The Bertz CT molecular complexity index is 502. The van der Waals surface area contributed by atoms with Gasteiger partial charge in [-0.05, 0) is 30.9 Å². The SMILES string of the molecule is CCC1NC(=O)C(CC(C)C)N(Cc2ccccn2)C1=O. The van der Waals surface area contributed by atoms with Crippen molar-refractivity contribution < 1.29 is 9.59 Å². The summed E-state index contributed by atoms with van der Waals surface area (Å²) in [5, 5.41) is 2.84. The molecule has 0 aromatic carbocycles. The maximum Gasteiger partial charge on any atom is 0.246 e. The zero-order chi connectivity index (χ0) is 15.4. The molecular weight excluding hydrogens is 266 g/mol. The lowest BCUT2D eigenvalue weighted by molar-refractivity contribution is -0.150. The Morgan fingerprint density at radius 2 is 2.10 bits per heavy atom. The van der Waals surface area contributed by atoms with Crippen molar-refractivity contribution in [1.82, 2.24) is 15.2 Å². The summed E-state index contributed by atoms with van der Waals surface area (Å²) in [6, 6.07) is 4.81. The zero-order valence-corrected chi connectivity index (χ0v) is 12.9. The third-order valence-corrected chi connectivity index (χ3v) is 3.74. The van der Waals surface area contributed by atoms with Crippen LogP contribution in [0.25, 0.3) is 0 Å². The van der Waals surface area contributed by atoms with Gasteiger partial charge in [0.1, 0.15) is 12.1 Å². The first kappa shape index (κ1) is 15.5. The highest BCUT2D eigenvalue weighted by atomic mass is 16.2. The molecule has 1 fully saturated rings. The van der Waals surface area contributed by atoms with Gasteiger partial charge in [-0.15, -0.1) is 0 Å². The van der Waals surface area contributed by atoms with Gasteiger partial charge in [-0.25, -0.2) is 0 Å². The van der Waals surface area contributed by atoms with Gasteiger partial charge in [0.15, 0.2) is 0 Å². The van der Waals surface area contributed by atoms with Crippen molar-refractivity contribution in [1.29, 1.82) is 0 Å². The monoisotopic (exact) mass is 289 g/mol. The van der Waals surface area contributed by atoms with E-state index >= 15 is 0 Å². The van der Waals surface area contributed by atoms with E-state index in [2.05, 4.69) is 24.1 Å². The Balaban J connectivity index is 2.24. The molecule has 0 spiro atoms. The van der Waals surface area contributed by atoms with Crippen LogP contribution in [0.5, 0.6) is 0 Å². The van der Waals surface area contributed by atoms with Gasteiger partial charge in [0.2, 0.25) is 11.8 Å². The number of nitrogens with zero attached hydrogens (tertiary/aromatic N) is 2. The second-order valence-electron chi connectivity index (χ2n) is 5.90. The van der Waals surface area contributed by atoms with Gasteiger partial charge in [0, 0.05) is 6.20 Å². The first-order valence-electron chi connectivity index (χ1n) is 7.53. The van der Waals surface area contributed by atoms with Crippen molar-refractivity contribution >= 4 is 11.8 Å². The van der Waals surface area contributed by atoms with E-state index in [1.807, 2.05) is 25.1 Å². The number of aromatic nitrogens is 1. The summed E-state index contributed by atoms with van der Waals surface area (Å²) in [4.78, 5) is 30.9. The Hall–Kier alpha value is -1.91. The van der Waals surface area contributed by atoms with E-state index in [-0.39, 0.29) is 11.8 Å². The summed E-state index contributed by atoms with van der Waals surface area (Å²) in [5.74, 6) is 0.289. The lowest BCUT2D eigenvalue weighted by Crippen LogP contribution is -2.63. The normalized spacial score (nSPS) is 22.6. The molecule has 1 saturated heterocycles. The summed E-state index contributed by atoms with van der Waals surface area (Å²) in [6.45, 7) is 6.41. The van der Waals surface area contributed by atoms with Crippen LogP contribution in [-0.2, 0) is 16.1 Å². The molecule has 0 bridgehead atoms. The minimum Gasteiger partial charge on any atom is -0.343 e. The Kier molecular flexibility index (Phi) is 4.94. The molecule has 5 heteroatoms. The molecule has 2 amide bonds. The minimum absolute atomic E-state index is 0.00611. The summed E-state index contributed by atoms with van der Waals surface area (Å²) < 4.78 is 0. The second-order valence-corrected chi connectivity index (χ2v) is 5.90. The van der Waals surface area contributed by atoms with Crippen molar-refractivity contribution in [3.05, 3.63) is 30.1 Å². The van der Waals surface area contributed by atoms with Crippen molar-refractivity contribution in [3.8, 4) is 0 Å². The maximum absolute atomic E-state index is 12.6.